The molecule has 29 heavy (non-hydrogen) atoms. The molecule has 0 bridgehead atoms. The van der Waals surface area contributed by atoms with Crippen LogP contribution in [-0.4, -0.2) is 70.1 Å². The van der Waals surface area contributed by atoms with Gasteiger partial charge < -0.3 is 19.1 Å². The highest BCUT2D eigenvalue weighted by Gasteiger charge is 2.35. The molecule has 1 aromatic rings. The third-order valence-corrected chi connectivity index (χ3v) is 6.43. The van der Waals surface area contributed by atoms with E-state index in [9.17, 15) is 18.0 Å². The molecule has 1 atom stereocenters. The zero-order chi connectivity index (χ0) is 21.6. The summed E-state index contributed by atoms with van der Waals surface area (Å²) < 4.78 is 39.1. The van der Waals surface area contributed by atoms with E-state index in [-0.39, 0.29) is 35.8 Å². The highest BCUT2D eigenvalue weighted by molar-refractivity contribution is 7.91. The second kappa shape index (κ2) is 9.96. The van der Waals surface area contributed by atoms with Crippen LogP contribution >= 0.6 is 0 Å². The number of nitrogens with zero attached hydrogens (tertiary/aromatic N) is 1. The largest absolute Gasteiger partial charge is 0.493 e. The Morgan fingerprint density at radius 1 is 1.17 bits per heavy atom. The van der Waals surface area contributed by atoms with Gasteiger partial charge in [0.1, 0.15) is 0 Å². The molecule has 0 aromatic heterocycles. The molecule has 0 unspecified atom stereocenters. The summed E-state index contributed by atoms with van der Waals surface area (Å²) in [6.07, 6.45) is 0.399. The van der Waals surface area contributed by atoms with Crippen LogP contribution in [0.2, 0.25) is 0 Å². The average molecular weight is 428 g/mol. The second-order valence-corrected chi connectivity index (χ2v) is 9.75. The number of ether oxygens (including phenoxy) is 3. The normalized spacial score (nSPS) is 17.8. The minimum Gasteiger partial charge on any atom is -0.493 e. The number of methoxy groups -OCH3 is 2. The third-order valence-electron chi connectivity index (χ3n) is 4.68. The lowest BCUT2D eigenvalue weighted by Crippen LogP contribution is -2.45. The van der Waals surface area contributed by atoms with Crippen LogP contribution < -0.4 is 9.47 Å². The molecular formula is C20H29NO7S. The van der Waals surface area contributed by atoms with E-state index in [2.05, 4.69) is 0 Å². The van der Waals surface area contributed by atoms with Crippen LogP contribution in [0.5, 0.6) is 11.5 Å². The Hall–Kier alpha value is -2.29. The highest BCUT2D eigenvalue weighted by Crippen LogP contribution is 2.27. The van der Waals surface area contributed by atoms with Crippen LogP contribution in [0.15, 0.2) is 18.2 Å². The molecule has 1 aliphatic heterocycles. The van der Waals surface area contributed by atoms with Crippen molar-refractivity contribution in [2.24, 2.45) is 5.92 Å². The molecule has 0 saturated carbocycles. The topological polar surface area (TPSA) is 99.2 Å². The minimum absolute atomic E-state index is 0.0182. The van der Waals surface area contributed by atoms with Gasteiger partial charge in [-0.2, -0.15) is 0 Å². The molecule has 1 aliphatic rings. The maximum absolute atomic E-state index is 12.6. The predicted octanol–water partition coefficient (Wildman–Crippen LogP) is 1.46. The van der Waals surface area contributed by atoms with Crippen molar-refractivity contribution in [2.75, 3.05) is 38.9 Å². The zero-order valence-corrected chi connectivity index (χ0v) is 18.2. The predicted molar refractivity (Wildman–Crippen MR) is 108 cm³/mol. The van der Waals surface area contributed by atoms with Crippen LogP contribution in [0.25, 0.3) is 0 Å². The van der Waals surface area contributed by atoms with Gasteiger partial charge in [-0.15, -0.1) is 0 Å². The Kier molecular flexibility index (Phi) is 7.89. The number of rotatable bonds is 9. The summed E-state index contributed by atoms with van der Waals surface area (Å²) in [5.74, 6) is 0.347. The lowest BCUT2D eigenvalue weighted by Gasteiger charge is -2.29. The minimum atomic E-state index is -3.12. The number of amides is 1. The van der Waals surface area contributed by atoms with E-state index >= 15 is 0 Å². The van der Waals surface area contributed by atoms with Crippen molar-refractivity contribution in [3.8, 4) is 11.5 Å². The first-order valence-electron chi connectivity index (χ1n) is 9.51. The average Bonchev–Trinajstić information content (AvgIpc) is 3.03. The Labute approximate surface area is 172 Å². The molecule has 0 N–H and O–H groups in total. The highest BCUT2D eigenvalue weighted by atomic mass is 32.2. The van der Waals surface area contributed by atoms with Gasteiger partial charge in [0.15, 0.2) is 27.9 Å². The molecule has 1 amide bonds. The van der Waals surface area contributed by atoms with Gasteiger partial charge in [0.25, 0.3) is 5.91 Å². The fourth-order valence-electron chi connectivity index (χ4n) is 3.30. The molecule has 1 heterocycles. The SMILES string of the molecule is COc1ccc(CC(=O)OCC(=O)N(CC(C)C)[C@H]2CCS(=O)(=O)C2)cc1OC. The Balaban J connectivity index is 1.95. The summed E-state index contributed by atoms with van der Waals surface area (Å²) in [6, 6.07) is 4.73. The van der Waals surface area contributed by atoms with Crippen molar-refractivity contribution in [2.45, 2.75) is 32.7 Å². The summed E-state index contributed by atoms with van der Waals surface area (Å²) in [6.45, 7) is 3.92. The van der Waals surface area contributed by atoms with Crippen molar-refractivity contribution in [1.29, 1.82) is 0 Å². The number of hydrogen-bond acceptors (Lipinski definition) is 7. The Bertz CT molecular complexity index is 835. The standard InChI is InChI=1S/C20H29NO7S/c1-14(2)11-21(16-7-8-29(24,25)13-16)19(22)12-28-20(23)10-15-5-6-17(26-3)18(9-15)27-4/h5-6,9,14,16H,7-8,10-13H2,1-4H3/t16-/m0/s1. The lowest BCUT2D eigenvalue weighted by atomic mass is 10.1. The van der Waals surface area contributed by atoms with E-state index in [1.807, 2.05) is 13.8 Å². The fourth-order valence-corrected chi connectivity index (χ4v) is 5.03. The molecule has 2 rings (SSSR count). The van der Waals surface area contributed by atoms with E-state index < -0.39 is 22.4 Å². The first-order chi connectivity index (χ1) is 13.6. The number of carbonyl (C=O) groups is 2. The molecule has 162 valence electrons. The monoisotopic (exact) mass is 427 g/mol. The van der Waals surface area contributed by atoms with Crippen molar-refractivity contribution in [1.82, 2.24) is 4.90 Å². The fraction of sp³-hybridized carbons (Fsp3) is 0.600. The van der Waals surface area contributed by atoms with Crippen molar-refractivity contribution in [3.63, 3.8) is 0 Å². The molecular weight excluding hydrogens is 398 g/mol. The molecule has 1 aromatic carbocycles. The van der Waals surface area contributed by atoms with Gasteiger partial charge in [-0.1, -0.05) is 19.9 Å². The van der Waals surface area contributed by atoms with E-state index in [0.717, 1.165) is 0 Å². The van der Waals surface area contributed by atoms with Gasteiger partial charge in [-0.05, 0) is 30.0 Å². The van der Waals surface area contributed by atoms with Gasteiger partial charge in [-0.25, -0.2) is 8.42 Å². The molecule has 1 saturated heterocycles. The molecule has 9 heteroatoms. The van der Waals surface area contributed by atoms with Crippen LogP contribution in [0.3, 0.4) is 0 Å². The molecule has 0 radical (unpaired) electrons. The summed E-state index contributed by atoms with van der Waals surface area (Å²) >= 11 is 0. The third kappa shape index (κ3) is 6.62. The van der Waals surface area contributed by atoms with Crippen molar-refractivity contribution >= 4 is 21.7 Å². The summed E-state index contributed by atoms with van der Waals surface area (Å²) in [4.78, 5) is 26.4. The zero-order valence-electron chi connectivity index (χ0n) is 17.3. The van der Waals surface area contributed by atoms with Crippen LogP contribution in [0.1, 0.15) is 25.8 Å². The van der Waals surface area contributed by atoms with Gasteiger partial charge in [0, 0.05) is 12.6 Å². The quantitative estimate of drug-likeness (QED) is 0.550. The maximum Gasteiger partial charge on any atom is 0.310 e. The summed E-state index contributed by atoms with van der Waals surface area (Å²) in [5, 5.41) is 0. The van der Waals surface area contributed by atoms with Gasteiger partial charge in [-0.3, -0.25) is 9.59 Å². The van der Waals surface area contributed by atoms with Gasteiger partial charge in [0.2, 0.25) is 0 Å². The second-order valence-electron chi connectivity index (χ2n) is 7.52. The van der Waals surface area contributed by atoms with E-state index in [4.69, 9.17) is 14.2 Å². The number of benzene rings is 1. The van der Waals surface area contributed by atoms with E-state index in [1.165, 1.54) is 14.2 Å². The molecule has 0 spiro atoms. The van der Waals surface area contributed by atoms with E-state index in [0.29, 0.717) is 30.0 Å². The van der Waals surface area contributed by atoms with Crippen LogP contribution in [0, 0.1) is 5.92 Å². The number of esters is 1. The number of sulfone groups is 1. The Morgan fingerprint density at radius 2 is 1.86 bits per heavy atom. The van der Waals surface area contributed by atoms with Crippen molar-refractivity contribution in [3.05, 3.63) is 23.8 Å². The van der Waals surface area contributed by atoms with Gasteiger partial charge in [0.05, 0.1) is 32.1 Å². The first-order valence-corrected chi connectivity index (χ1v) is 11.3. The molecule has 1 fully saturated rings. The molecule has 8 nitrogen and oxygen atoms in total. The Morgan fingerprint density at radius 3 is 2.41 bits per heavy atom. The molecule has 0 aliphatic carbocycles. The van der Waals surface area contributed by atoms with Crippen LogP contribution in [0.4, 0.5) is 0 Å². The lowest BCUT2D eigenvalue weighted by molar-refractivity contribution is -0.152. The summed E-state index contributed by atoms with van der Waals surface area (Å²) in [5.41, 5.74) is 0.668. The van der Waals surface area contributed by atoms with Crippen LogP contribution in [-0.2, 0) is 30.6 Å². The number of hydrogen-bond donors (Lipinski definition) is 0. The number of carbonyl (C=O) groups excluding carboxylic acids is 2. The van der Waals surface area contributed by atoms with Gasteiger partial charge >= 0.3 is 5.97 Å². The first kappa shape index (κ1) is 23.0. The summed E-state index contributed by atoms with van der Waals surface area (Å²) in [7, 11) is -0.0891. The smallest absolute Gasteiger partial charge is 0.310 e. The maximum atomic E-state index is 12.6. The van der Waals surface area contributed by atoms with Crippen molar-refractivity contribution < 1.29 is 32.2 Å². The van der Waals surface area contributed by atoms with E-state index in [1.54, 1.807) is 23.1 Å².